The van der Waals surface area contributed by atoms with Gasteiger partial charge in [0.1, 0.15) is 5.56 Å². The average Bonchev–Trinajstić information content (AvgIpc) is 2.23. The smallest absolute Gasteiger partial charge is 0.480 e. The molecule has 0 spiro atoms. The molecule has 0 unspecified atom stereocenters. The number of nitrogens with zero attached hydrogens (tertiary/aromatic N) is 1. The summed E-state index contributed by atoms with van der Waals surface area (Å²) in [5.41, 5.74) is -2.29. The standard InChI is InChI=1S/C9H7F6NO3/c1-18-7-6(8(10,11)12)4(3-17)2-5(16-7)19-9(13,14)15/h2,17H,3H2,1H3. The summed E-state index contributed by atoms with van der Waals surface area (Å²) in [6.45, 7) is -1.15. The highest BCUT2D eigenvalue weighted by Crippen LogP contribution is 2.39. The van der Waals surface area contributed by atoms with Gasteiger partial charge in [0.25, 0.3) is 0 Å². The first-order valence-electron chi connectivity index (χ1n) is 4.60. The highest BCUT2D eigenvalue weighted by Gasteiger charge is 2.40. The molecule has 0 aliphatic rings. The second-order valence-corrected chi connectivity index (χ2v) is 3.21. The normalized spacial score (nSPS) is 12.4. The van der Waals surface area contributed by atoms with Gasteiger partial charge in [-0.05, 0) is 0 Å². The highest BCUT2D eigenvalue weighted by molar-refractivity contribution is 5.40. The molecule has 1 aromatic heterocycles. The van der Waals surface area contributed by atoms with Crippen molar-refractivity contribution in [3.63, 3.8) is 0 Å². The molecule has 1 rings (SSSR count). The molecule has 0 aliphatic carbocycles. The predicted molar refractivity (Wildman–Crippen MR) is 48.4 cm³/mol. The van der Waals surface area contributed by atoms with Crippen molar-refractivity contribution in [1.29, 1.82) is 0 Å². The number of rotatable bonds is 3. The van der Waals surface area contributed by atoms with Crippen LogP contribution in [0.5, 0.6) is 11.8 Å². The van der Waals surface area contributed by atoms with E-state index in [-0.39, 0.29) is 0 Å². The Morgan fingerprint density at radius 3 is 2.16 bits per heavy atom. The van der Waals surface area contributed by atoms with Gasteiger partial charge in [0.05, 0.1) is 13.7 Å². The summed E-state index contributed by atoms with van der Waals surface area (Å²) in [5, 5.41) is 8.80. The van der Waals surface area contributed by atoms with Gasteiger partial charge in [-0.25, -0.2) is 0 Å². The molecule has 19 heavy (non-hydrogen) atoms. The lowest BCUT2D eigenvalue weighted by Gasteiger charge is -2.16. The summed E-state index contributed by atoms with van der Waals surface area (Å²) in [5.74, 6) is -2.26. The molecule has 0 atom stereocenters. The van der Waals surface area contributed by atoms with Crippen LogP contribution in [0.1, 0.15) is 11.1 Å². The van der Waals surface area contributed by atoms with Crippen LogP contribution >= 0.6 is 0 Å². The number of hydrogen-bond donors (Lipinski definition) is 1. The first-order chi connectivity index (χ1) is 8.58. The molecule has 0 amide bonds. The molecule has 0 aliphatic heterocycles. The lowest BCUT2D eigenvalue weighted by molar-refractivity contribution is -0.276. The van der Waals surface area contributed by atoms with Crippen molar-refractivity contribution in [2.45, 2.75) is 19.1 Å². The molecule has 0 radical (unpaired) electrons. The largest absolute Gasteiger partial charge is 0.574 e. The van der Waals surface area contributed by atoms with E-state index in [1.165, 1.54) is 0 Å². The third-order valence-corrected chi connectivity index (χ3v) is 1.91. The Kier molecular flexibility index (Phi) is 4.13. The van der Waals surface area contributed by atoms with Crippen molar-refractivity contribution < 1.29 is 40.9 Å². The molecule has 1 N–H and O–H groups in total. The lowest BCUT2D eigenvalue weighted by atomic mass is 10.1. The van der Waals surface area contributed by atoms with E-state index in [1.807, 2.05) is 0 Å². The summed E-state index contributed by atoms with van der Waals surface area (Å²) in [6, 6.07) is 0.346. The van der Waals surface area contributed by atoms with Crippen molar-refractivity contribution in [3.05, 3.63) is 17.2 Å². The molecular weight excluding hydrogens is 284 g/mol. The predicted octanol–water partition coefficient (Wildman–Crippen LogP) is 2.50. The molecule has 108 valence electrons. The number of aliphatic hydroxyl groups is 1. The number of aromatic nitrogens is 1. The van der Waals surface area contributed by atoms with Crippen LogP contribution in [0.4, 0.5) is 26.3 Å². The molecule has 0 saturated carbocycles. The summed E-state index contributed by atoms with van der Waals surface area (Å²) in [4.78, 5) is 2.96. The summed E-state index contributed by atoms with van der Waals surface area (Å²) in [7, 11) is 0.802. The Hall–Kier alpha value is -1.71. The molecule has 4 nitrogen and oxygen atoms in total. The zero-order valence-corrected chi connectivity index (χ0v) is 9.26. The summed E-state index contributed by atoms with van der Waals surface area (Å²) in [6.07, 6.45) is -10.1. The third kappa shape index (κ3) is 3.88. The van der Waals surface area contributed by atoms with E-state index in [0.717, 1.165) is 7.11 Å². The molecular formula is C9H7F6NO3. The van der Waals surface area contributed by atoms with Gasteiger partial charge >= 0.3 is 12.5 Å². The first-order valence-corrected chi connectivity index (χ1v) is 4.60. The Balaban J connectivity index is 3.37. The van der Waals surface area contributed by atoms with Gasteiger partial charge < -0.3 is 14.6 Å². The Bertz CT molecular complexity index is 431. The topological polar surface area (TPSA) is 51.6 Å². The monoisotopic (exact) mass is 291 g/mol. The van der Waals surface area contributed by atoms with Crippen molar-refractivity contribution in [3.8, 4) is 11.8 Å². The van der Waals surface area contributed by atoms with E-state index in [4.69, 9.17) is 5.11 Å². The zero-order chi connectivity index (χ0) is 14.8. The minimum atomic E-state index is -5.12. The second kappa shape index (κ2) is 5.11. The van der Waals surface area contributed by atoms with Crippen molar-refractivity contribution in [1.82, 2.24) is 4.98 Å². The van der Waals surface area contributed by atoms with Gasteiger partial charge in [0.15, 0.2) is 0 Å². The molecule has 0 aromatic carbocycles. The average molecular weight is 291 g/mol. The van der Waals surface area contributed by atoms with Crippen molar-refractivity contribution in [2.75, 3.05) is 7.11 Å². The summed E-state index contributed by atoms with van der Waals surface area (Å²) >= 11 is 0. The molecule has 0 bridgehead atoms. The van der Waals surface area contributed by atoms with E-state index >= 15 is 0 Å². The fourth-order valence-corrected chi connectivity index (χ4v) is 1.29. The molecule has 1 heterocycles. The van der Waals surface area contributed by atoms with Crippen LogP contribution in [-0.4, -0.2) is 23.6 Å². The van der Waals surface area contributed by atoms with Gasteiger partial charge in [-0.1, -0.05) is 0 Å². The fourth-order valence-electron chi connectivity index (χ4n) is 1.29. The number of pyridine rings is 1. The van der Waals surface area contributed by atoms with E-state index in [0.29, 0.717) is 6.07 Å². The van der Waals surface area contributed by atoms with Crippen molar-refractivity contribution in [2.24, 2.45) is 0 Å². The first kappa shape index (κ1) is 15.3. The lowest BCUT2D eigenvalue weighted by Crippen LogP contribution is -2.20. The van der Waals surface area contributed by atoms with Gasteiger partial charge in [-0.15, -0.1) is 13.2 Å². The maximum Gasteiger partial charge on any atom is 0.574 e. The van der Waals surface area contributed by atoms with E-state index < -0.39 is 42.0 Å². The molecule has 0 fully saturated rings. The number of hydrogen-bond acceptors (Lipinski definition) is 4. The van der Waals surface area contributed by atoms with Crippen LogP contribution in [0.2, 0.25) is 0 Å². The Morgan fingerprint density at radius 1 is 1.21 bits per heavy atom. The van der Waals surface area contributed by atoms with Crippen LogP contribution in [-0.2, 0) is 12.8 Å². The maximum atomic E-state index is 12.7. The number of ether oxygens (including phenoxy) is 2. The van der Waals surface area contributed by atoms with E-state index in [9.17, 15) is 26.3 Å². The van der Waals surface area contributed by atoms with Gasteiger partial charge in [-0.2, -0.15) is 18.2 Å². The number of aliphatic hydroxyl groups excluding tert-OH is 1. The van der Waals surface area contributed by atoms with Crippen LogP contribution < -0.4 is 9.47 Å². The van der Waals surface area contributed by atoms with Crippen LogP contribution in [0.15, 0.2) is 6.07 Å². The van der Waals surface area contributed by atoms with Gasteiger partial charge in [-0.3, -0.25) is 0 Å². The maximum absolute atomic E-state index is 12.7. The molecule has 10 heteroatoms. The number of halogens is 6. The number of alkyl halides is 6. The van der Waals surface area contributed by atoms with E-state index in [1.54, 1.807) is 0 Å². The second-order valence-electron chi connectivity index (χ2n) is 3.21. The fraction of sp³-hybridized carbons (Fsp3) is 0.444. The van der Waals surface area contributed by atoms with Gasteiger partial charge in [0.2, 0.25) is 11.8 Å². The Labute approximate surface area is 102 Å². The number of methoxy groups -OCH3 is 1. The van der Waals surface area contributed by atoms with Crippen LogP contribution in [0, 0.1) is 0 Å². The zero-order valence-electron chi connectivity index (χ0n) is 9.26. The van der Waals surface area contributed by atoms with Crippen molar-refractivity contribution >= 4 is 0 Å². The minimum Gasteiger partial charge on any atom is -0.480 e. The summed E-state index contributed by atoms with van der Waals surface area (Å²) < 4.78 is 81.5. The molecule has 1 aromatic rings. The Morgan fingerprint density at radius 2 is 1.79 bits per heavy atom. The third-order valence-electron chi connectivity index (χ3n) is 1.91. The highest BCUT2D eigenvalue weighted by atomic mass is 19.4. The quantitative estimate of drug-likeness (QED) is 0.869. The van der Waals surface area contributed by atoms with Gasteiger partial charge in [0, 0.05) is 11.6 Å². The SMILES string of the molecule is COc1nc(OC(F)(F)F)cc(CO)c1C(F)(F)F. The minimum absolute atomic E-state index is 0.346. The van der Waals surface area contributed by atoms with Crippen LogP contribution in [0.25, 0.3) is 0 Å². The van der Waals surface area contributed by atoms with E-state index in [2.05, 4.69) is 14.5 Å². The molecule has 0 saturated heterocycles. The van der Waals surface area contributed by atoms with Crippen LogP contribution in [0.3, 0.4) is 0 Å².